The highest BCUT2D eigenvalue weighted by Crippen LogP contribution is 2.15. The summed E-state index contributed by atoms with van der Waals surface area (Å²) in [7, 11) is 0. The van der Waals surface area contributed by atoms with Crippen LogP contribution in [-0.4, -0.2) is 67.0 Å². The van der Waals surface area contributed by atoms with E-state index in [2.05, 4.69) is 29.4 Å². The topological polar surface area (TPSA) is 60.0 Å². The molecule has 1 aromatic rings. The van der Waals surface area contributed by atoms with Crippen molar-refractivity contribution in [3.05, 3.63) is 35.4 Å². The normalized spacial score (nSPS) is 17.6. The third-order valence-electron chi connectivity index (χ3n) is 5.43. The Morgan fingerprint density at radius 1 is 1.14 bits per heavy atom. The number of guanidine groups is 1. The summed E-state index contributed by atoms with van der Waals surface area (Å²) in [5, 5.41) is 6.82. The van der Waals surface area contributed by atoms with Crippen LogP contribution in [-0.2, 0) is 6.54 Å². The van der Waals surface area contributed by atoms with Gasteiger partial charge in [-0.2, -0.15) is 0 Å². The standard InChI is InChI=1S/C22H37N5O/c1-5-23-22(25-17-20-10-9-15-27(20)8-4)24-16-18-11-13-19(14-12-18)21(28)26(6-2)7-3/h11-14,20H,5-10,15-17H2,1-4H3,(H2,23,24,25). The van der Waals surface area contributed by atoms with Gasteiger partial charge in [0, 0.05) is 37.8 Å². The number of carbonyl (C=O) groups excluding carboxylic acids is 1. The first-order valence-corrected chi connectivity index (χ1v) is 10.8. The van der Waals surface area contributed by atoms with Crippen LogP contribution in [0.3, 0.4) is 0 Å². The molecule has 6 heteroatoms. The molecule has 1 heterocycles. The fourth-order valence-electron chi connectivity index (χ4n) is 3.72. The van der Waals surface area contributed by atoms with E-state index < -0.39 is 0 Å². The fraction of sp³-hybridized carbons (Fsp3) is 0.636. The highest BCUT2D eigenvalue weighted by atomic mass is 16.2. The van der Waals surface area contributed by atoms with Crippen LogP contribution < -0.4 is 10.6 Å². The largest absolute Gasteiger partial charge is 0.357 e. The van der Waals surface area contributed by atoms with Crippen molar-refractivity contribution in [2.24, 2.45) is 4.99 Å². The Bertz CT molecular complexity index is 624. The zero-order chi connectivity index (χ0) is 20.4. The molecule has 0 bridgehead atoms. The van der Waals surface area contributed by atoms with Crippen molar-refractivity contribution in [3.8, 4) is 0 Å². The smallest absolute Gasteiger partial charge is 0.253 e. The summed E-state index contributed by atoms with van der Waals surface area (Å²) in [6, 6.07) is 8.41. The van der Waals surface area contributed by atoms with Crippen LogP contribution >= 0.6 is 0 Å². The predicted molar refractivity (Wildman–Crippen MR) is 117 cm³/mol. The third-order valence-corrected chi connectivity index (χ3v) is 5.43. The third kappa shape index (κ3) is 6.23. The molecule has 1 aliphatic rings. The van der Waals surface area contributed by atoms with Gasteiger partial charge in [-0.05, 0) is 64.4 Å². The van der Waals surface area contributed by atoms with E-state index in [0.717, 1.165) is 49.8 Å². The van der Waals surface area contributed by atoms with Gasteiger partial charge >= 0.3 is 0 Å². The molecule has 0 aromatic heterocycles. The highest BCUT2D eigenvalue weighted by molar-refractivity contribution is 5.94. The van der Waals surface area contributed by atoms with Gasteiger partial charge in [-0.25, -0.2) is 4.99 Å². The Balaban J connectivity index is 1.93. The van der Waals surface area contributed by atoms with Crippen LogP contribution in [0.25, 0.3) is 0 Å². The van der Waals surface area contributed by atoms with Gasteiger partial charge in [-0.15, -0.1) is 0 Å². The molecular weight excluding hydrogens is 350 g/mol. The maximum atomic E-state index is 12.4. The number of likely N-dealkylation sites (tertiary alicyclic amines) is 1. The summed E-state index contributed by atoms with van der Waals surface area (Å²) in [5.41, 5.74) is 1.84. The van der Waals surface area contributed by atoms with Gasteiger partial charge in [-0.1, -0.05) is 19.1 Å². The molecule has 28 heavy (non-hydrogen) atoms. The van der Waals surface area contributed by atoms with Gasteiger partial charge in [0.05, 0.1) is 6.54 Å². The van der Waals surface area contributed by atoms with E-state index in [9.17, 15) is 4.79 Å². The van der Waals surface area contributed by atoms with Gasteiger partial charge in [0.15, 0.2) is 5.96 Å². The molecule has 1 atom stereocenters. The molecule has 0 saturated carbocycles. The van der Waals surface area contributed by atoms with Crippen molar-refractivity contribution >= 4 is 11.9 Å². The lowest BCUT2D eigenvalue weighted by molar-refractivity contribution is 0.0773. The van der Waals surface area contributed by atoms with E-state index in [0.29, 0.717) is 12.6 Å². The number of nitrogens with one attached hydrogen (secondary N) is 2. The van der Waals surface area contributed by atoms with Crippen LogP contribution in [0.2, 0.25) is 0 Å². The van der Waals surface area contributed by atoms with Gasteiger partial charge in [-0.3, -0.25) is 9.69 Å². The maximum Gasteiger partial charge on any atom is 0.253 e. The van der Waals surface area contributed by atoms with Crippen molar-refractivity contribution < 1.29 is 4.79 Å². The molecule has 1 fully saturated rings. The molecule has 1 amide bonds. The van der Waals surface area contributed by atoms with Crippen LogP contribution in [0, 0.1) is 0 Å². The zero-order valence-electron chi connectivity index (χ0n) is 18.0. The Labute approximate surface area is 170 Å². The molecule has 0 radical (unpaired) electrons. The second kappa shape index (κ2) is 11.7. The van der Waals surface area contributed by atoms with Gasteiger partial charge in [0.25, 0.3) is 5.91 Å². The molecular formula is C22H37N5O. The fourth-order valence-corrected chi connectivity index (χ4v) is 3.72. The van der Waals surface area contributed by atoms with Gasteiger partial charge in [0.1, 0.15) is 0 Å². The average molecular weight is 388 g/mol. The number of benzene rings is 1. The SMILES string of the molecule is CCNC(=NCc1ccc(C(=O)N(CC)CC)cc1)NCC1CCCN1CC. The van der Waals surface area contributed by atoms with Crippen LogP contribution in [0.4, 0.5) is 0 Å². The van der Waals surface area contributed by atoms with Crippen molar-refractivity contribution in [1.82, 2.24) is 20.4 Å². The van der Waals surface area contributed by atoms with E-state index in [1.54, 1.807) is 0 Å². The molecule has 1 aliphatic heterocycles. The summed E-state index contributed by atoms with van der Waals surface area (Å²) in [6.45, 7) is 14.5. The molecule has 0 spiro atoms. The van der Waals surface area contributed by atoms with E-state index in [4.69, 9.17) is 4.99 Å². The number of aliphatic imine (C=N–C) groups is 1. The lowest BCUT2D eigenvalue weighted by atomic mass is 10.1. The minimum atomic E-state index is 0.0899. The summed E-state index contributed by atoms with van der Waals surface area (Å²) in [4.78, 5) is 21.5. The number of carbonyl (C=O) groups is 1. The van der Waals surface area contributed by atoms with Gasteiger partial charge in [0.2, 0.25) is 0 Å². The zero-order valence-corrected chi connectivity index (χ0v) is 18.0. The molecule has 1 saturated heterocycles. The van der Waals surface area contributed by atoms with E-state index >= 15 is 0 Å². The van der Waals surface area contributed by atoms with Crippen LogP contribution in [0.15, 0.2) is 29.3 Å². The van der Waals surface area contributed by atoms with Gasteiger partial charge < -0.3 is 15.5 Å². The van der Waals surface area contributed by atoms with Crippen LogP contribution in [0.1, 0.15) is 56.5 Å². The summed E-state index contributed by atoms with van der Waals surface area (Å²) in [6.07, 6.45) is 2.54. The lowest BCUT2D eigenvalue weighted by Crippen LogP contribution is -2.44. The number of amides is 1. The molecule has 156 valence electrons. The number of nitrogens with zero attached hydrogens (tertiary/aromatic N) is 3. The minimum absolute atomic E-state index is 0.0899. The Hall–Kier alpha value is -2.08. The maximum absolute atomic E-state index is 12.4. The predicted octanol–water partition coefficient (Wildman–Crippen LogP) is 2.71. The van der Waals surface area contributed by atoms with Crippen molar-refractivity contribution in [1.29, 1.82) is 0 Å². The number of hydrogen-bond donors (Lipinski definition) is 2. The summed E-state index contributed by atoms with van der Waals surface area (Å²) in [5.74, 6) is 0.945. The number of hydrogen-bond acceptors (Lipinski definition) is 3. The van der Waals surface area contributed by atoms with Crippen molar-refractivity contribution in [3.63, 3.8) is 0 Å². The number of rotatable bonds is 9. The monoisotopic (exact) mass is 387 g/mol. The lowest BCUT2D eigenvalue weighted by Gasteiger charge is -2.24. The van der Waals surface area contributed by atoms with Crippen molar-refractivity contribution in [2.45, 2.75) is 53.1 Å². The van der Waals surface area contributed by atoms with E-state index in [1.807, 2.05) is 43.0 Å². The van der Waals surface area contributed by atoms with Crippen LogP contribution in [0.5, 0.6) is 0 Å². The molecule has 2 N–H and O–H groups in total. The first-order valence-electron chi connectivity index (χ1n) is 10.8. The summed E-state index contributed by atoms with van der Waals surface area (Å²) >= 11 is 0. The molecule has 6 nitrogen and oxygen atoms in total. The first kappa shape index (κ1) is 22.2. The van der Waals surface area contributed by atoms with Crippen molar-refractivity contribution in [2.75, 3.05) is 39.3 Å². The Morgan fingerprint density at radius 2 is 1.86 bits per heavy atom. The molecule has 1 unspecified atom stereocenters. The quantitative estimate of drug-likeness (QED) is 0.505. The molecule has 0 aliphatic carbocycles. The molecule has 1 aromatic carbocycles. The second-order valence-corrected chi connectivity index (χ2v) is 7.18. The molecule has 2 rings (SSSR count). The first-order chi connectivity index (χ1) is 13.6. The van der Waals surface area contributed by atoms with E-state index in [1.165, 1.54) is 19.4 Å². The average Bonchev–Trinajstić information content (AvgIpc) is 3.19. The summed E-state index contributed by atoms with van der Waals surface area (Å²) < 4.78 is 0. The Morgan fingerprint density at radius 3 is 2.46 bits per heavy atom. The second-order valence-electron chi connectivity index (χ2n) is 7.18. The highest BCUT2D eigenvalue weighted by Gasteiger charge is 2.22. The Kier molecular flexibility index (Phi) is 9.28. The number of likely N-dealkylation sites (N-methyl/N-ethyl adjacent to an activating group) is 1. The minimum Gasteiger partial charge on any atom is -0.357 e. The van der Waals surface area contributed by atoms with E-state index in [-0.39, 0.29) is 5.91 Å².